The van der Waals surface area contributed by atoms with Crippen LogP contribution in [0.15, 0.2) is 59.3 Å². The van der Waals surface area contributed by atoms with Crippen molar-refractivity contribution >= 4 is 50.9 Å². The largest absolute Gasteiger partial charge is 0.468 e. The summed E-state index contributed by atoms with van der Waals surface area (Å²) < 4.78 is 35.4. The summed E-state index contributed by atoms with van der Waals surface area (Å²) in [6, 6.07) is 9.61. The zero-order valence-corrected chi connectivity index (χ0v) is 19.7. The third-order valence-electron chi connectivity index (χ3n) is 4.42. The summed E-state index contributed by atoms with van der Waals surface area (Å²) in [6.45, 7) is 0.201. The molecule has 4 rings (SSSR count). The second-order valence-electron chi connectivity index (χ2n) is 6.80. The SMILES string of the molecule is O=C(Nc1nn(Cc2ccc(Cl)cc2Cl)cc1Br)c1ccn(COc2ccc(F)cc2F)n1. The van der Waals surface area contributed by atoms with Gasteiger partial charge in [-0.05, 0) is 51.8 Å². The summed E-state index contributed by atoms with van der Waals surface area (Å²) in [7, 11) is 0. The highest BCUT2D eigenvalue weighted by Gasteiger charge is 2.15. The molecule has 0 aliphatic heterocycles. The number of carbonyl (C=O) groups excluding carboxylic acids is 1. The van der Waals surface area contributed by atoms with Gasteiger partial charge >= 0.3 is 0 Å². The molecule has 1 N–H and O–H groups in total. The number of anilines is 1. The summed E-state index contributed by atoms with van der Waals surface area (Å²) in [6.07, 6.45) is 3.19. The van der Waals surface area contributed by atoms with E-state index in [2.05, 4.69) is 31.4 Å². The molecule has 2 heterocycles. The normalized spacial score (nSPS) is 10.9. The zero-order valence-electron chi connectivity index (χ0n) is 16.6. The Bertz CT molecular complexity index is 1330. The lowest BCUT2D eigenvalue weighted by Crippen LogP contribution is -2.15. The first-order chi connectivity index (χ1) is 15.8. The molecule has 1 amide bonds. The Kier molecular flexibility index (Phi) is 6.96. The molecule has 0 radical (unpaired) electrons. The Morgan fingerprint density at radius 1 is 1.09 bits per heavy atom. The predicted molar refractivity (Wildman–Crippen MR) is 123 cm³/mol. The molecule has 0 spiro atoms. The van der Waals surface area contributed by atoms with E-state index in [0.29, 0.717) is 26.9 Å². The van der Waals surface area contributed by atoms with Crippen LogP contribution in [0.2, 0.25) is 10.0 Å². The minimum atomic E-state index is -0.833. The molecule has 0 atom stereocenters. The number of hydrogen-bond donors (Lipinski definition) is 1. The van der Waals surface area contributed by atoms with E-state index in [9.17, 15) is 13.6 Å². The highest BCUT2D eigenvalue weighted by molar-refractivity contribution is 9.10. The number of aromatic nitrogens is 4. The molecule has 170 valence electrons. The molecule has 2 aromatic heterocycles. The molecule has 0 fully saturated rings. The first-order valence-corrected chi connectivity index (χ1v) is 10.9. The van der Waals surface area contributed by atoms with Crippen LogP contribution >= 0.6 is 39.1 Å². The van der Waals surface area contributed by atoms with Crippen LogP contribution in [-0.4, -0.2) is 25.5 Å². The molecule has 0 unspecified atom stereocenters. The first-order valence-electron chi connectivity index (χ1n) is 9.38. The number of amides is 1. The van der Waals surface area contributed by atoms with Crippen LogP contribution in [-0.2, 0) is 13.3 Å². The van der Waals surface area contributed by atoms with Crippen LogP contribution in [0.1, 0.15) is 16.1 Å². The van der Waals surface area contributed by atoms with E-state index in [0.717, 1.165) is 17.7 Å². The molecule has 0 saturated heterocycles. The number of nitrogens with zero attached hydrogens (tertiary/aromatic N) is 4. The number of carbonyl (C=O) groups is 1. The first kappa shape index (κ1) is 23.2. The zero-order chi connectivity index (χ0) is 23.5. The number of hydrogen-bond acceptors (Lipinski definition) is 4. The summed E-state index contributed by atoms with van der Waals surface area (Å²) in [4.78, 5) is 12.6. The van der Waals surface area contributed by atoms with E-state index in [-0.39, 0.29) is 18.2 Å². The van der Waals surface area contributed by atoms with Gasteiger partial charge in [0.05, 0.1) is 11.0 Å². The molecule has 0 bridgehead atoms. The van der Waals surface area contributed by atoms with Crippen molar-refractivity contribution in [1.29, 1.82) is 0 Å². The maximum Gasteiger partial charge on any atom is 0.277 e. The number of halogens is 5. The minimum absolute atomic E-state index is 0.0976. The van der Waals surface area contributed by atoms with Gasteiger partial charge in [-0.15, -0.1) is 0 Å². The van der Waals surface area contributed by atoms with E-state index in [4.69, 9.17) is 27.9 Å². The second-order valence-corrected chi connectivity index (χ2v) is 8.50. The maximum absolute atomic E-state index is 13.7. The second kappa shape index (κ2) is 9.90. The van der Waals surface area contributed by atoms with Gasteiger partial charge in [0.2, 0.25) is 0 Å². The van der Waals surface area contributed by atoms with Gasteiger partial charge in [0.1, 0.15) is 5.82 Å². The van der Waals surface area contributed by atoms with Crippen molar-refractivity contribution in [2.24, 2.45) is 0 Å². The van der Waals surface area contributed by atoms with Crippen molar-refractivity contribution in [2.75, 3.05) is 5.32 Å². The molecule has 12 heteroatoms. The fourth-order valence-corrected chi connectivity index (χ4v) is 3.72. The third-order valence-corrected chi connectivity index (χ3v) is 5.58. The smallest absolute Gasteiger partial charge is 0.277 e. The molecule has 4 aromatic rings. The number of benzene rings is 2. The summed E-state index contributed by atoms with van der Waals surface area (Å²) in [5.41, 5.74) is 0.908. The lowest BCUT2D eigenvalue weighted by molar-refractivity contribution is 0.101. The monoisotopic (exact) mass is 555 g/mol. The van der Waals surface area contributed by atoms with E-state index < -0.39 is 17.5 Å². The van der Waals surface area contributed by atoms with Crippen LogP contribution < -0.4 is 10.1 Å². The van der Waals surface area contributed by atoms with Crippen molar-refractivity contribution in [3.05, 3.63) is 92.3 Å². The minimum Gasteiger partial charge on any atom is -0.468 e. The highest BCUT2D eigenvalue weighted by atomic mass is 79.9. The van der Waals surface area contributed by atoms with Gasteiger partial charge in [-0.3, -0.25) is 9.48 Å². The van der Waals surface area contributed by atoms with Gasteiger partial charge in [-0.25, -0.2) is 13.5 Å². The van der Waals surface area contributed by atoms with Crippen LogP contribution in [0, 0.1) is 11.6 Å². The van der Waals surface area contributed by atoms with E-state index in [1.54, 1.807) is 29.1 Å². The molecule has 33 heavy (non-hydrogen) atoms. The molecule has 0 aliphatic rings. The van der Waals surface area contributed by atoms with Gasteiger partial charge in [-0.1, -0.05) is 29.3 Å². The predicted octanol–water partition coefficient (Wildman–Crippen LogP) is 5.76. The van der Waals surface area contributed by atoms with Crippen molar-refractivity contribution in [2.45, 2.75) is 13.3 Å². The standard InChI is InChI=1S/C21H14BrCl2F2N5O2/c22-15-10-31(9-12-1-2-13(23)7-16(12)24)29-20(15)27-21(32)18-5-6-30(28-18)11-33-19-4-3-14(25)8-17(19)26/h1-8,10H,9,11H2,(H,27,29,32). The lowest BCUT2D eigenvalue weighted by atomic mass is 10.2. The summed E-state index contributed by atoms with van der Waals surface area (Å²) in [5.74, 6) is -1.88. The summed E-state index contributed by atoms with van der Waals surface area (Å²) >= 11 is 15.5. The highest BCUT2D eigenvalue weighted by Crippen LogP contribution is 2.25. The van der Waals surface area contributed by atoms with Gasteiger partial charge in [0.25, 0.3) is 5.91 Å². The topological polar surface area (TPSA) is 74.0 Å². The fraction of sp³-hybridized carbons (Fsp3) is 0.0952. The molecular formula is C21H14BrCl2F2N5O2. The molecule has 0 aliphatic carbocycles. The van der Waals surface area contributed by atoms with E-state index in [1.807, 2.05) is 0 Å². The van der Waals surface area contributed by atoms with Crippen molar-refractivity contribution < 1.29 is 18.3 Å². The molecule has 0 saturated carbocycles. The quantitative estimate of drug-likeness (QED) is 0.314. The fourth-order valence-electron chi connectivity index (χ4n) is 2.84. The number of nitrogens with one attached hydrogen (secondary N) is 1. The van der Waals surface area contributed by atoms with Gasteiger partial charge in [-0.2, -0.15) is 10.2 Å². The number of ether oxygens (including phenoxy) is 1. The third kappa shape index (κ3) is 5.70. The molecule has 2 aromatic carbocycles. The Labute approximate surface area is 205 Å². The van der Waals surface area contributed by atoms with Crippen molar-refractivity contribution in [1.82, 2.24) is 19.6 Å². The summed E-state index contributed by atoms with van der Waals surface area (Å²) in [5, 5.41) is 12.2. The van der Waals surface area contributed by atoms with Crippen LogP contribution in [0.4, 0.5) is 14.6 Å². The Morgan fingerprint density at radius 2 is 1.91 bits per heavy atom. The Morgan fingerprint density at radius 3 is 2.67 bits per heavy atom. The Hall–Kier alpha value is -2.95. The van der Waals surface area contributed by atoms with Crippen LogP contribution in [0.25, 0.3) is 0 Å². The Balaban J connectivity index is 1.39. The number of rotatable bonds is 7. The van der Waals surface area contributed by atoms with Crippen molar-refractivity contribution in [3.63, 3.8) is 0 Å². The average Bonchev–Trinajstić information content (AvgIpc) is 3.36. The van der Waals surface area contributed by atoms with E-state index >= 15 is 0 Å². The van der Waals surface area contributed by atoms with Crippen LogP contribution in [0.3, 0.4) is 0 Å². The lowest BCUT2D eigenvalue weighted by Gasteiger charge is -2.07. The van der Waals surface area contributed by atoms with Gasteiger partial charge < -0.3 is 10.1 Å². The molecule has 7 nitrogen and oxygen atoms in total. The maximum atomic E-state index is 13.7. The van der Waals surface area contributed by atoms with Gasteiger partial charge in [0, 0.05) is 28.5 Å². The van der Waals surface area contributed by atoms with Crippen molar-refractivity contribution in [3.8, 4) is 5.75 Å². The van der Waals surface area contributed by atoms with E-state index in [1.165, 1.54) is 23.0 Å². The van der Waals surface area contributed by atoms with Crippen LogP contribution in [0.5, 0.6) is 5.75 Å². The average molecular weight is 557 g/mol. The molecular weight excluding hydrogens is 543 g/mol. The van der Waals surface area contributed by atoms with Gasteiger partial charge in [0.15, 0.2) is 29.8 Å².